The lowest BCUT2D eigenvalue weighted by Gasteiger charge is -2.30. The number of hydroxylamine groups is 2. The second kappa shape index (κ2) is 7.19. The van der Waals surface area contributed by atoms with Crippen LogP contribution in [0.2, 0.25) is 0 Å². The van der Waals surface area contributed by atoms with E-state index in [0.29, 0.717) is 13.2 Å². The molecule has 1 heterocycles. The monoisotopic (exact) mass is 309 g/mol. The first kappa shape index (κ1) is 16.9. The fourth-order valence-electron chi connectivity index (χ4n) is 2.48. The van der Waals surface area contributed by atoms with Gasteiger partial charge in [-0.05, 0) is 19.4 Å². The van der Waals surface area contributed by atoms with Gasteiger partial charge in [-0.25, -0.2) is 0 Å². The number of carbonyl (C=O) groups is 1. The van der Waals surface area contributed by atoms with E-state index in [1.54, 1.807) is 13.8 Å². The standard InChI is InChI=1S/C16H23NO5/c1-16(2)21-11-14(22-16)13(9-15(18)20-3)17(19)10-12-7-5-4-6-8-12/h4-8,13-14,19H,9-11H2,1-3H3/t13-,14-/m1/s1. The van der Waals surface area contributed by atoms with E-state index < -0.39 is 23.9 Å². The molecular formula is C16H23NO5. The van der Waals surface area contributed by atoms with Gasteiger partial charge in [0.2, 0.25) is 0 Å². The summed E-state index contributed by atoms with van der Waals surface area (Å²) in [5, 5.41) is 11.6. The molecule has 1 aromatic rings. The minimum Gasteiger partial charge on any atom is -0.469 e. The summed E-state index contributed by atoms with van der Waals surface area (Å²) in [6.07, 6.45) is -0.368. The van der Waals surface area contributed by atoms with Crippen LogP contribution < -0.4 is 0 Å². The van der Waals surface area contributed by atoms with Gasteiger partial charge in [0.25, 0.3) is 0 Å². The van der Waals surface area contributed by atoms with Crippen LogP contribution >= 0.6 is 0 Å². The molecule has 0 unspecified atom stereocenters. The number of hydrogen-bond donors (Lipinski definition) is 1. The summed E-state index contributed by atoms with van der Waals surface area (Å²) in [7, 11) is 1.33. The Labute approximate surface area is 130 Å². The smallest absolute Gasteiger partial charge is 0.307 e. The van der Waals surface area contributed by atoms with Crippen LogP contribution in [0.25, 0.3) is 0 Å². The van der Waals surface area contributed by atoms with Gasteiger partial charge in [-0.3, -0.25) is 4.79 Å². The van der Waals surface area contributed by atoms with Gasteiger partial charge in [-0.2, -0.15) is 5.06 Å². The zero-order valence-corrected chi connectivity index (χ0v) is 13.2. The van der Waals surface area contributed by atoms with Crippen molar-refractivity contribution in [2.24, 2.45) is 0 Å². The number of carbonyl (C=O) groups excluding carboxylic acids is 1. The van der Waals surface area contributed by atoms with Gasteiger partial charge in [0.1, 0.15) is 6.10 Å². The molecule has 1 aromatic carbocycles. The zero-order chi connectivity index (χ0) is 16.2. The van der Waals surface area contributed by atoms with Crippen molar-refractivity contribution in [3.8, 4) is 0 Å². The summed E-state index contributed by atoms with van der Waals surface area (Å²) >= 11 is 0. The fourth-order valence-corrected chi connectivity index (χ4v) is 2.48. The third-order valence-corrected chi connectivity index (χ3v) is 3.63. The van der Waals surface area contributed by atoms with Crippen LogP contribution in [-0.2, 0) is 25.5 Å². The van der Waals surface area contributed by atoms with Crippen molar-refractivity contribution in [1.29, 1.82) is 0 Å². The minimum atomic E-state index is -0.716. The van der Waals surface area contributed by atoms with E-state index in [0.717, 1.165) is 10.6 Å². The quantitative estimate of drug-likeness (QED) is 0.640. The Morgan fingerprint density at radius 3 is 2.68 bits per heavy atom. The average molecular weight is 309 g/mol. The summed E-state index contributed by atoms with van der Waals surface area (Å²) in [5.41, 5.74) is 0.943. The Bertz CT molecular complexity index is 491. The molecule has 2 rings (SSSR count). The Morgan fingerprint density at radius 2 is 2.14 bits per heavy atom. The highest BCUT2D eigenvalue weighted by atomic mass is 16.7. The molecule has 6 nitrogen and oxygen atoms in total. The second-order valence-electron chi connectivity index (χ2n) is 5.80. The van der Waals surface area contributed by atoms with Crippen molar-refractivity contribution in [3.05, 3.63) is 35.9 Å². The highest BCUT2D eigenvalue weighted by Gasteiger charge is 2.40. The summed E-state index contributed by atoms with van der Waals surface area (Å²) in [6.45, 7) is 4.23. The Kier molecular flexibility index (Phi) is 5.52. The topological polar surface area (TPSA) is 68.2 Å². The third kappa shape index (κ3) is 4.51. The summed E-state index contributed by atoms with van der Waals surface area (Å²) < 4.78 is 16.0. The van der Waals surface area contributed by atoms with E-state index >= 15 is 0 Å². The molecule has 1 fully saturated rings. The molecule has 0 radical (unpaired) electrons. The average Bonchev–Trinajstić information content (AvgIpc) is 2.85. The lowest BCUT2D eigenvalue weighted by molar-refractivity contribution is -0.194. The van der Waals surface area contributed by atoms with E-state index in [9.17, 15) is 10.0 Å². The number of nitrogens with zero attached hydrogens (tertiary/aromatic N) is 1. The lowest BCUT2D eigenvalue weighted by Crippen LogP contribution is -2.44. The molecule has 1 saturated heterocycles. The molecule has 0 bridgehead atoms. The van der Waals surface area contributed by atoms with Crippen LogP contribution in [0.15, 0.2) is 30.3 Å². The van der Waals surface area contributed by atoms with Crippen LogP contribution in [0.4, 0.5) is 0 Å². The summed E-state index contributed by atoms with van der Waals surface area (Å²) in [6, 6.07) is 9.00. The number of benzene rings is 1. The number of ether oxygens (including phenoxy) is 3. The molecule has 1 aliphatic heterocycles. The maximum atomic E-state index is 11.6. The number of hydrogen-bond acceptors (Lipinski definition) is 6. The Morgan fingerprint density at radius 1 is 1.45 bits per heavy atom. The number of esters is 1. The summed E-state index contributed by atoms with van der Waals surface area (Å²) in [5.74, 6) is -1.11. The molecule has 122 valence electrons. The maximum Gasteiger partial charge on any atom is 0.307 e. The van der Waals surface area contributed by atoms with Crippen LogP contribution in [0.5, 0.6) is 0 Å². The lowest BCUT2D eigenvalue weighted by atomic mass is 10.1. The molecule has 0 spiro atoms. The van der Waals surface area contributed by atoms with Crippen molar-refractivity contribution in [3.63, 3.8) is 0 Å². The van der Waals surface area contributed by atoms with Crippen molar-refractivity contribution >= 4 is 5.97 Å². The fraction of sp³-hybridized carbons (Fsp3) is 0.562. The van der Waals surface area contributed by atoms with Crippen molar-refractivity contribution in [1.82, 2.24) is 5.06 Å². The van der Waals surface area contributed by atoms with E-state index in [1.807, 2.05) is 30.3 Å². The first-order valence-electron chi connectivity index (χ1n) is 7.29. The largest absolute Gasteiger partial charge is 0.469 e. The van der Waals surface area contributed by atoms with E-state index in [4.69, 9.17) is 14.2 Å². The molecule has 6 heteroatoms. The zero-order valence-electron chi connectivity index (χ0n) is 13.2. The van der Waals surface area contributed by atoms with Gasteiger partial charge < -0.3 is 19.4 Å². The van der Waals surface area contributed by atoms with Crippen LogP contribution in [0, 0.1) is 0 Å². The molecule has 1 aliphatic rings. The molecule has 1 N–H and O–H groups in total. The Balaban J connectivity index is 2.08. The van der Waals surface area contributed by atoms with E-state index in [1.165, 1.54) is 7.11 Å². The molecule has 0 aromatic heterocycles. The van der Waals surface area contributed by atoms with Crippen molar-refractivity contribution in [2.45, 2.75) is 44.7 Å². The van der Waals surface area contributed by atoms with Crippen molar-refractivity contribution in [2.75, 3.05) is 13.7 Å². The molecule has 22 heavy (non-hydrogen) atoms. The third-order valence-electron chi connectivity index (χ3n) is 3.63. The molecule has 0 saturated carbocycles. The Hall–Kier alpha value is -1.47. The van der Waals surface area contributed by atoms with Crippen LogP contribution in [-0.4, -0.2) is 47.9 Å². The molecule has 0 amide bonds. The minimum absolute atomic E-state index is 0.0317. The number of rotatable bonds is 6. The van der Waals surface area contributed by atoms with Gasteiger partial charge in [0.05, 0.1) is 26.2 Å². The van der Waals surface area contributed by atoms with Gasteiger partial charge >= 0.3 is 5.97 Å². The predicted octanol–water partition coefficient (Wildman–Crippen LogP) is 1.96. The van der Waals surface area contributed by atoms with Gasteiger partial charge in [0, 0.05) is 6.54 Å². The molecule has 2 atom stereocenters. The molecule has 0 aliphatic carbocycles. The second-order valence-corrected chi connectivity index (χ2v) is 5.80. The van der Waals surface area contributed by atoms with Crippen LogP contribution in [0.1, 0.15) is 25.8 Å². The normalized spacial score (nSPS) is 21.8. The first-order valence-corrected chi connectivity index (χ1v) is 7.29. The molecular weight excluding hydrogens is 286 g/mol. The highest BCUT2D eigenvalue weighted by Crippen LogP contribution is 2.27. The maximum absolute atomic E-state index is 11.6. The van der Waals surface area contributed by atoms with Crippen LogP contribution in [0.3, 0.4) is 0 Å². The SMILES string of the molecule is COC(=O)C[C@H]([C@H]1COC(C)(C)O1)N(O)Cc1ccccc1. The first-order chi connectivity index (χ1) is 10.4. The van der Waals surface area contributed by atoms with Gasteiger partial charge in [-0.15, -0.1) is 0 Å². The highest BCUT2D eigenvalue weighted by molar-refractivity contribution is 5.70. The number of methoxy groups -OCH3 is 1. The van der Waals surface area contributed by atoms with E-state index in [2.05, 4.69) is 0 Å². The van der Waals surface area contributed by atoms with Gasteiger partial charge in [0.15, 0.2) is 5.79 Å². The van der Waals surface area contributed by atoms with E-state index in [-0.39, 0.29) is 6.42 Å². The predicted molar refractivity (Wildman–Crippen MR) is 79.1 cm³/mol. The summed E-state index contributed by atoms with van der Waals surface area (Å²) in [4.78, 5) is 11.6. The van der Waals surface area contributed by atoms with Gasteiger partial charge in [-0.1, -0.05) is 30.3 Å². The van der Waals surface area contributed by atoms with Crippen molar-refractivity contribution < 1.29 is 24.2 Å².